The van der Waals surface area contributed by atoms with Gasteiger partial charge in [-0.15, -0.1) is 0 Å². The zero-order valence-electron chi connectivity index (χ0n) is 7.58. The second kappa shape index (κ2) is 5.37. The van der Waals surface area contributed by atoms with Crippen LogP contribution in [0.3, 0.4) is 0 Å². The van der Waals surface area contributed by atoms with E-state index in [1.165, 1.54) is 0 Å². The first-order chi connectivity index (χ1) is 6.22. The lowest BCUT2D eigenvalue weighted by Crippen LogP contribution is -2.28. The van der Waals surface area contributed by atoms with Gasteiger partial charge in [0.05, 0.1) is 19.0 Å². The van der Waals surface area contributed by atoms with Gasteiger partial charge in [-0.3, -0.25) is 9.97 Å². The van der Waals surface area contributed by atoms with Crippen molar-refractivity contribution in [2.75, 3.05) is 13.3 Å². The van der Waals surface area contributed by atoms with E-state index >= 15 is 0 Å². The Labute approximate surface area is 78.2 Å². The Morgan fingerprint density at radius 1 is 1.77 bits per heavy atom. The van der Waals surface area contributed by atoms with Crippen molar-refractivity contribution in [3.05, 3.63) is 0 Å². The van der Waals surface area contributed by atoms with Crippen LogP contribution in [0.1, 0.15) is 12.8 Å². The minimum Gasteiger partial charge on any atom is -0.353 e. The van der Waals surface area contributed by atoms with Crippen molar-refractivity contribution >= 4 is 14.4 Å². The maximum absolute atomic E-state index is 10.7. The molecule has 0 aromatic carbocycles. The van der Waals surface area contributed by atoms with Crippen molar-refractivity contribution in [1.29, 1.82) is 5.41 Å². The summed E-state index contributed by atoms with van der Waals surface area (Å²) in [5, 5.41) is 9.57. The van der Waals surface area contributed by atoms with Crippen molar-refractivity contribution < 1.29 is 13.8 Å². The van der Waals surface area contributed by atoms with Crippen LogP contribution in [0, 0.1) is 5.41 Å². The highest BCUT2D eigenvalue weighted by Gasteiger charge is 2.24. The molecule has 0 saturated carbocycles. The molecule has 0 amide bonds. The number of hydrogen-bond acceptors (Lipinski definition) is 4. The molecule has 3 atom stereocenters. The number of hydrogen-bond donors (Lipinski definition) is 2. The third-order valence-electron chi connectivity index (χ3n) is 1.85. The fourth-order valence-electron chi connectivity index (χ4n) is 1.25. The van der Waals surface area contributed by atoms with Gasteiger partial charge in [0, 0.05) is 6.66 Å². The molecule has 0 radical (unpaired) electrons. The Hall–Kier alpha value is -0.380. The molecule has 0 aromatic rings. The molecule has 13 heavy (non-hydrogen) atoms. The predicted molar refractivity (Wildman–Crippen MR) is 50.7 cm³/mol. The summed E-state index contributed by atoms with van der Waals surface area (Å²) < 4.78 is 21.1. The van der Waals surface area contributed by atoms with E-state index in [4.69, 9.17) is 14.7 Å². The van der Waals surface area contributed by atoms with Gasteiger partial charge in [0.1, 0.15) is 6.23 Å². The average Bonchev–Trinajstić information content (AvgIpc) is 2.50. The first-order valence-corrected chi connectivity index (χ1v) is 6.08. The summed E-state index contributed by atoms with van der Waals surface area (Å²) in [6, 6.07) is 0. The molecule has 76 valence electrons. The number of ether oxygens (including phenoxy) is 1. The molecule has 0 aliphatic carbocycles. The molecule has 2 N–H and O–H groups in total. The van der Waals surface area contributed by atoms with E-state index < -0.39 is 8.03 Å². The standard InChI is InChI=1S/C7H15N2O3P/c1-13(10)11-4-6-2-3-7(12-6)9-5-8/h5-7,13H,2-4H2,1H3,(H2,8,9)/t6-,7+/m0/s1. The SMILES string of the molecule is C[PH](=O)OC[C@@H]1CC[C@H](NC=N)O1. The van der Waals surface area contributed by atoms with Crippen LogP contribution < -0.4 is 5.32 Å². The average molecular weight is 206 g/mol. The molecule has 1 aliphatic rings. The van der Waals surface area contributed by atoms with Crippen molar-refractivity contribution in [3.63, 3.8) is 0 Å². The summed E-state index contributed by atoms with van der Waals surface area (Å²) in [6.07, 6.45) is 2.82. The first kappa shape index (κ1) is 10.7. The number of rotatable bonds is 5. The van der Waals surface area contributed by atoms with Gasteiger partial charge in [-0.25, -0.2) is 0 Å². The van der Waals surface area contributed by atoms with Crippen molar-refractivity contribution in [1.82, 2.24) is 5.32 Å². The highest BCUT2D eigenvalue weighted by molar-refractivity contribution is 7.38. The van der Waals surface area contributed by atoms with Crippen molar-refractivity contribution in [3.8, 4) is 0 Å². The van der Waals surface area contributed by atoms with Crippen LogP contribution in [0.5, 0.6) is 0 Å². The van der Waals surface area contributed by atoms with E-state index in [-0.39, 0.29) is 12.3 Å². The summed E-state index contributed by atoms with van der Waals surface area (Å²) in [6.45, 7) is 1.96. The van der Waals surface area contributed by atoms with Gasteiger partial charge in [-0.05, 0) is 12.8 Å². The normalized spacial score (nSPS) is 29.9. The van der Waals surface area contributed by atoms with Gasteiger partial charge in [0.25, 0.3) is 0 Å². The van der Waals surface area contributed by atoms with E-state index in [2.05, 4.69) is 5.32 Å². The smallest absolute Gasteiger partial charge is 0.188 e. The quantitative estimate of drug-likeness (QED) is 0.396. The molecule has 0 bridgehead atoms. The van der Waals surface area contributed by atoms with Gasteiger partial charge >= 0.3 is 0 Å². The second-order valence-corrected chi connectivity index (χ2v) is 4.21. The number of nitrogens with one attached hydrogen (secondary N) is 2. The third kappa shape index (κ3) is 3.89. The predicted octanol–water partition coefficient (Wildman–Crippen LogP) is 0.809. The first-order valence-electron chi connectivity index (χ1n) is 4.26. The molecule has 6 heteroatoms. The summed E-state index contributed by atoms with van der Waals surface area (Å²) in [4.78, 5) is 0. The summed E-state index contributed by atoms with van der Waals surface area (Å²) in [5.74, 6) is 0. The molecule has 0 aromatic heterocycles. The Bertz CT molecular complexity index is 200. The monoisotopic (exact) mass is 206 g/mol. The van der Waals surface area contributed by atoms with Gasteiger partial charge < -0.3 is 14.6 Å². The molecule has 1 fully saturated rings. The topological polar surface area (TPSA) is 71.4 Å². The summed E-state index contributed by atoms with van der Waals surface area (Å²) >= 11 is 0. The van der Waals surface area contributed by atoms with Crippen LogP contribution in [0.2, 0.25) is 0 Å². The van der Waals surface area contributed by atoms with Crippen LogP contribution in [0.25, 0.3) is 0 Å². The minimum atomic E-state index is -1.85. The Morgan fingerprint density at radius 2 is 2.54 bits per heavy atom. The molecular weight excluding hydrogens is 191 g/mol. The maximum atomic E-state index is 10.7. The largest absolute Gasteiger partial charge is 0.353 e. The van der Waals surface area contributed by atoms with Crippen molar-refractivity contribution in [2.45, 2.75) is 25.2 Å². The molecule has 5 nitrogen and oxygen atoms in total. The van der Waals surface area contributed by atoms with Gasteiger partial charge in [0.2, 0.25) is 0 Å². The summed E-state index contributed by atoms with van der Waals surface area (Å²) in [7, 11) is -1.85. The van der Waals surface area contributed by atoms with E-state index in [0.717, 1.165) is 19.2 Å². The van der Waals surface area contributed by atoms with E-state index in [1.54, 1.807) is 6.66 Å². The molecule has 1 rings (SSSR count). The van der Waals surface area contributed by atoms with Crippen molar-refractivity contribution in [2.24, 2.45) is 0 Å². The van der Waals surface area contributed by atoms with Crippen LogP contribution in [-0.4, -0.2) is 31.9 Å². The molecule has 1 heterocycles. The summed E-state index contributed by atoms with van der Waals surface area (Å²) in [5.41, 5.74) is 0. The highest BCUT2D eigenvalue weighted by atomic mass is 31.1. The lowest BCUT2D eigenvalue weighted by Gasteiger charge is -2.12. The Morgan fingerprint density at radius 3 is 3.15 bits per heavy atom. The Kier molecular flexibility index (Phi) is 4.42. The van der Waals surface area contributed by atoms with Gasteiger partial charge in [-0.1, -0.05) is 0 Å². The Balaban J connectivity index is 2.17. The van der Waals surface area contributed by atoms with Crippen LogP contribution in [0.4, 0.5) is 0 Å². The van der Waals surface area contributed by atoms with E-state index in [9.17, 15) is 4.57 Å². The molecule has 1 saturated heterocycles. The minimum absolute atomic E-state index is 0.0198. The zero-order chi connectivity index (χ0) is 9.68. The fraction of sp³-hybridized carbons (Fsp3) is 0.857. The van der Waals surface area contributed by atoms with E-state index in [1.807, 2.05) is 0 Å². The third-order valence-corrected chi connectivity index (χ3v) is 2.42. The van der Waals surface area contributed by atoms with Crippen LogP contribution in [0.15, 0.2) is 0 Å². The van der Waals surface area contributed by atoms with Gasteiger partial charge in [0.15, 0.2) is 8.03 Å². The van der Waals surface area contributed by atoms with Gasteiger partial charge in [-0.2, -0.15) is 0 Å². The maximum Gasteiger partial charge on any atom is 0.188 e. The zero-order valence-corrected chi connectivity index (χ0v) is 8.58. The van der Waals surface area contributed by atoms with Crippen LogP contribution in [-0.2, 0) is 13.8 Å². The van der Waals surface area contributed by atoms with E-state index in [0.29, 0.717) is 6.61 Å². The molecule has 0 spiro atoms. The molecule has 1 aliphatic heterocycles. The lowest BCUT2D eigenvalue weighted by atomic mass is 10.2. The fourth-order valence-corrected chi connectivity index (χ4v) is 1.67. The highest BCUT2D eigenvalue weighted by Crippen LogP contribution is 2.22. The molecule has 1 unspecified atom stereocenters. The lowest BCUT2D eigenvalue weighted by molar-refractivity contribution is 0.0139. The second-order valence-electron chi connectivity index (χ2n) is 2.94. The molecular formula is C7H15N2O3P. The van der Waals surface area contributed by atoms with Crippen LogP contribution >= 0.6 is 8.03 Å².